The van der Waals surface area contributed by atoms with E-state index in [2.05, 4.69) is 10.4 Å². The van der Waals surface area contributed by atoms with Crippen LogP contribution >= 0.6 is 0 Å². The van der Waals surface area contributed by atoms with Crippen LogP contribution in [0.15, 0.2) is 6.07 Å². The summed E-state index contributed by atoms with van der Waals surface area (Å²) in [6.45, 7) is 4.10. The van der Waals surface area contributed by atoms with Gasteiger partial charge in [0.05, 0.1) is 11.1 Å². The van der Waals surface area contributed by atoms with Crippen LogP contribution in [0, 0.1) is 19.3 Å². The minimum Gasteiger partial charge on any atom is -0.481 e. The Labute approximate surface area is 111 Å². The van der Waals surface area contributed by atoms with Crippen LogP contribution < -0.4 is 5.32 Å². The lowest BCUT2D eigenvalue weighted by Gasteiger charge is -2.37. The highest BCUT2D eigenvalue weighted by atomic mass is 16.4. The van der Waals surface area contributed by atoms with E-state index in [1.807, 2.05) is 19.9 Å². The number of aliphatic carboxylic acids is 1. The number of aryl methyl sites for hydroxylation is 2. The van der Waals surface area contributed by atoms with Crippen LogP contribution in [0.3, 0.4) is 0 Å². The Morgan fingerprint density at radius 3 is 2.58 bits per heavy atom. The number of aromatic nitrogens is 2. The van der Waals surface area contributed by atoms with E-state index in [0.29, 0.717) is 12.8 Å². The number of nitrogens with zero attached hydrogens (tertiary/aromatic N) is 2. The molecule has 1 aromatic rings. The molecule has 1 heterocycles. The Morgan fingerprint density at radius 1 is 1.47 bits per heavy atom. The zero-order valence-corrected chi connectivity index (χ0v) is 11.3. The van der Waals surface area contributed by atoms with E-state index in [4.69, 9.17) is 5.11 Å². The first kappa shape index (κ1) is 13.6. The molecule has 0 spiro atoms. The number of hydrogen-bond donors (Lipinski definition) is 2. The summed E-state index contributed by atoms with van der Waals surface area (Å²) < 4.78 is 1.62. The highest BCUT2D eigenvalue weighted by Gasteiger charge is 2.44. The van der Waals surface area contributed by atoms with Gasteiger partial charge in [0.2, 0.25) is 5.91 Å². The quantitative estimate of drug-likeness (QED) is 0.827. The Bertz CT molecular complexity index is 503. The van der Waals surface area contributed by atoms with Crippen molar-refractivity contribution < 1.29 is 14.7 Å². The van der Waals surface area contributed by atoms with Crippen molar-refractivity contribution in [1.82, 2.24) is 15.1 Å². The smallest absolute Gasteiger partial charge is 0.311 e. The van der Waals surface area contributed by atoms with Gasteiger partial charge in [-0.05, 0) is 32.8 Å². The molecular formula is C13H19N3O3. The summed E-state index contributed by atoms with van der Waals surface area (Å²) in [5.41, 5.74) is 1.04. The predicted molar refractivity (Wildman–Crippen MR) is 68.6 cm³/mol. The van der Waals surface area contributed by atoms with Crippen molar-refractivity contribution in [3.8, 4) is 0 Å². The van der Waals surface area contributed by atoms with Crippen LogP contribution in [-0.2, 0) is 16.1 Å². The number of carbonyl (C=O) groups excluding carboxylic acids is 1. The number of carboxylic acids is 1. The van der Waals surface area contributed by atoms with Crippen molar-refractivity contribution >= 4 is 11.9 Å². The average Bonchev–Trinajstić information content (AvgIpc) is 2.55. The van der Waals surface area contributed by atoms with E-state index >= 15 is 0 Å². The highest BCUT2D eigenvalue weighted by Crippen LogP contribution is 2.40. The molecule has 0 aliphatic heterocycles. The molecule has 0 aromatic carbocycles. The molecule has 2 N–H and O–H groups in total. The summed E-state index contributed by atoms with van der Waals surface area (Å²) >= 11 is 0. The average molecular weight is 265 g/mol. The van der Waals surface area contributed by atoms with Crippen molar-refractivity contribution in [2.45, 2.75) is 39.7 Å². The van der Waals surface area contributed by atoms with Crippen LogP contribution in [0.2, 0.25) is 0 Å². The SMILES string of the molecule is Cc1cc(C)n(CC(=O)NCC2(C(=O)O)CCC2)n1. The van der Waals surface area contributed by atoms with Gasteiger partial charge in [-0.25, -0.2) is 0 Å². The molecule has 1 amide bonds. The summed E-state index contributed by atoms with van der Waals surface area (Å²) in [4.78, 5) is 23.0. The first-order chi connectivity index (χ1) is 8.93. The van der Waals surface area contributed by atoms with Gasteiger partial charge in [0, 0.05) is 12.2 Å². The van der Waals surface area contributed by atoms with E-state index in [1.54, 1.807) is 4.68 Å². The van der Waals surface area contributed by atoms with Gasteiger partial charge in [-0.1, -0.05) is 6.42 Å². The van der Waals surface area contributed by atoms with Gasteiger partial charge >= 0.3 is 5.97 Å². The summed E-state index contributed by atoms with van der Waals surface area (Å²) in [6, 6.07) is 1.90. The monoisotopic (exact) mass is 265 g/mol. The van der Waals surface area contributed by atoms with Crippen LogP contribution in [0.5, 0.6) is 0 Å². The van der Waals surface area contributed by atoms with E-state index in [1.165, 1.54) is 0 Å². The molecule has 0 radical (unpaired) electrons. The fourth-order valence-corrected chi connectivity index (χ4v) is 2.36. The Morgan fingerprint density at radius 2 is 2.16 bits per heavy atom. The van der Waals surface area contributed by atoms with Crippen molar-refractivity contribution in [3.05, 3.63) is 17.5 Å². The number of rotatable bonds is 5. The zero-order chi connectivity index (χ0) is 14.0. The molecule has 0 unspecified atom stereocenters. The Hall–Kier alpha value is -1.85. The number of nitrogens with one attached hydrogen (secondary N) is 1. The molecule has 1 aromatic heterocycles. The molecule has 6 heteroatoms. The maximum atomic E-state index is 11.8. The second-order valence-electron chi connectivity index (χ2n) is 5.30. The minimum atomic E-state index is -0.815. The van der Waals surface area contributed by atoms with Gasteiger partial charge in [-0.15, -0.1) is 0 Å². The Kier molecular flexibility index (Phi) is 3.59. The standard InChI is InChI=1S/C13H19N3O3/c1-9-6-10(2)16(15-9)7-11(17)14-8-13(12(18)19)4-3-5-13/h6H,3-5,7-8H2,1-2H3,(H,14,17)(H,18,19). The topological polar surface area (TPSA) is 84.2 Å². The summed E-state index contributed by atoms with van der Waals surface area (Å²) in [7, 11) is 0. The van der Waals surface area contributed by atoms with Gasteiger partial charge in [-0.2, -0.15) is 5.10 Å². The molecule has 6 nitrogen and oxygen atoms in total. The molecule has 1 saturated carbocycles. The fourth-order valence-electron chi connectivity index (χ4n) is 2.36. The van der Waals surface area contributed by atoms with Crippen molar-refractivity contribution in [1.29, 1.82) is 0 Å². The second kappa shape index (κ2) is 5.03. The second-order valence-corrected chi connectivity index (χ2v) is 5.30. The van der Waals surface area contributed by atoms with Gasteiger partial charge in [0.25, 0.3) is 0 Å². The molecule has 0 atom stereocenters. The molecule has 19 heavy (non-hydrogen) atoms. The van der Waals surface area contributed by atoms with Gasteiger partial charge < -0.3 is 10.4 Å². The lowest BCUT2D eigenvalue weighted by atomic mass is 9.69. The molecule has 1 aliphatic rings. The van der Waals surface area contributed by atoms with Crippen molar-refractivity contribution in [2.24, 2.45) is 5.41 Å². The number of carbonyl (C=O) groups is 2. The van der Waals surface area contributed by atoms with Crippen molar-refractivity contribution in [3.63, 3.8) is 0 Å². The molecule has 1 fully saturated rings. The normalized spacial score (nSPS) is 16.7. The van der Waals surface area contributed by atoms with Gasteiger partial charge in [0.15, 0.2) is 0 Å². The van der Waals surface area contributed by atoms with E-state index in [0.717, 1.165) is 17.8 Å². The first-order valence-electron chi connectivity index (χ1n) is 6.44. The van der Waals surface area contributed by atoms with E-state index in [9.17, 15) is 9.59 Å². The molecule has 104 valence electrons. The lowest BCUT2D eigenvalue weighted by Crippen LogP contribution is -2.48. The van der Waals surface area contributed by atoms with Crippen LogP contribution in [0.1, 0.15) is 30.7 Å². The molecule has 2 rings (SSSR count). The number of amides is 1. The first-order valence-corrected chi connectivity index (χ1v) is 6.44. The fraction of sp³-hybridized carbons (Fsp3) is 0.615. The molecule has 0 saturated heterocycles. The van der Waals surface area contributed by atoms with Gasteiger partial charge in [0.1, 0.15) is 6.54 Å². The maximum Gasteiger partial charge on any atom is 0.311 e. The molecule has 0 bridgehead atoms. The summed E-state index contributed by atoms with van der Waals surface area (Å²) in [5.74, 6) is -1.01. The summed E-state index contributed by atoms with van der Waals surface area (Å²) in [6.07, 6.45) is 2.20. The molecule has 1 aliphatic carbocycles. The van der Waals surface area contributed by atoms with Crippen molar-refractivity contribution in [2.75, 3.05) is 6.54 Å². The van der Waals surface area contributed by atoms with Gasteiger partial charge in [-0.3, -0.25) is 14.3 Å². The van der Waals surface area contributed by atoms with Crippen LogP contribution in [-0.4, -0.2) is 33.3 Å². The Balaban J connectivity index is 1.88. The number of hydrogen-bond acceptors (Lipinski definition) is 3. The number of carboxylic acid groups (broad SMARTS) is 1. The zero-order valence-electron chi connectivity index (χ0n) is 11.3. The lowest BCUT2D eigenvalue weighted by molar-refractivity contribution is -0.154. The third-order valence-corrected chi connectivity index (χ3v) is 3.79. The minimum absolute atomic E-state index is 0.134. The molecular weight excluding hydrogens is 246 g/mol. The summed E-state index contributed by atoms with van der Waals surface area (Å²) in [5, 5.41) is 16.1. The van der Waals surface area contributed by atoms with Crippen LogP contribution in [0.25, 0.3) is 0 Å². The van der Waals surface area contributed by atoms with E-state index < -0.39 is 11.4 Å². The predicted octanol–water partition coefficient (Wildman–Crippen LogP) is 0.871. The third-order valence-electron chi connectivity index (χ3n) is 3.79. The highest BCUT2D eigenvalue weighted by molar-refractivity contribution is 5.79. The largest absolute Gasteiger partial charge is 0.481 e. The maximum absolute atomic E-state index is 11.8. The van der Waals surface area contributed by atoms with E-state index in [-0.39, 0.29) is 19.0 Å². The third kappa shape index (κ3) is 2.77. The van der Waals surface area contributed by atoms with Crippen LogP contribution in [0.4, 0.5) is 0 Å².